The summed E-state index contributed by atoms with van der Waals surface area (Å²) in [5.41, 5.74) is 6.62. The molecule has 2 rings (SSSR count). The molecule has 3 N–H and O–H groups in total. The lowest BCUT2D eigenvalue weighted by molar-refractivity contribution is -0.138. The van der Waals surface area contributed by atoms with Crippen molar-refractivity contribution in [3.8, 4) is 5.75 Å². The van der Waals surface area contributed by atoms with Gasteiger partial charge in [0.1, 0.15) is 5.75 Å². The van der Waals surface area contributed by atoms with E-state index in [4.69, 9.17) is 10.5 Å². The number of likely N-dealkylation sites (tertiary alicyclic amines) is 1. The second kappa shape index (κ2) is 6.25. The fourth-order valence-corrected chi connectivity index (χ4v) is 2.07. The number of rotatable bonds is 5. The first-order valence-electron chi connectivity index (χ1n) is 6.58. The summed E-state index contributed by atoms with van der Waals surface area (Å²) in [6, 6.07) is 4.92. The van der Waals surface area contributed by atoms with E-state index in [0.717, 1.165) is 4.90 Å². The van der Waals surface area contributed by atoms with Crippen molar-refractivity contribution in [1.29, 1.82) is 0 Å². The van der Waals surface area contributed by atoms with Gasteiger partial charge in [0.15, 0.2) is 0 Å². The molecular formula is C14H17N3O4. The molecule has 7 heteroatoms. The van der Waals surface area contributed by atoms with E-state index in [0.29, 0.717) is 17.1 Å². The molecule has 112 valence electrons. The lowest BCUT2D eigenvalue weighted by atomic mass is 10.2. The number of nitrogens with zero attached hydrogens (tertiary/aromatic N) is 1. The number of nitrogen functional groups attached to an aromatic ring is 1. The van der Waals surface area contributed by atoms with Gasteiger partial charge in [0.2, 0.25) is 17.7 Å². The van der Waals surface area contributed by atoms with E-state index in [1.165, 1.54) is 7.11 Å². The highest BCUT2D eigenvalue weighted by Crippen LogP contribution is 2.24. The number of anilines is 2. The van der Waals surface area contributed by atoms with Gasteiger partial charge in [-0.2, -0.15) is 0 Å². The molecule has 1 saturated heterocycles. The van der Waals surface area contributed by atoms with Gasteiger partial charge in [0, 0.05) is 31.9 Å². The third kappa shape index (κ3) is 3.50. The van der Waals surface area contributed by atoms with Crippen LogP contribution in [0.2, 0.25) is 0 Å². The molecule has 7 nitrogen and oxygen atoms in total. The number of carbonyl (C=O) groups excluding carboxylic acids is 3. The molecule has 0 spiro atoms. The zero-order chi connectivity index (χ0) is 15.4. The van der Waals surface area contributed by atoms with Crippen LogP contribution in [0.25, 0.3) is 0 Å². The number of benzene rings is 1. The molecule has 0 atom stereocenters. The standard InChI is InChI=1S/C14H17N3O4/c1-21-9-2-3-10(15)11(8-9)16-12(18)6-7-17-13(19)4-5-14(17)20/h2-3,8H,4-7,15H2,1H3,(H,16,18). The second-order valence-electron chi connectivity index (χ2n) is 4.69. The van der Waals surface area contributed by atoms with Crippen LogP contribution in [0.4, 0.5) is 11.4 Å². The number of nitrogens with two attached hydrogens (primary N) is 1. The number of imide groups is 1. The molecule has 1 aliphatic heterocycles. The van der Waals surface area contributed by atoms with E-state index in [1.54, 1.807) is 18.2 Å². The summed E-state index contributed by atoms with van der Waals surface area (Å²) in [5.74, 6) is -0.200. The van der Waals surface area contributed by atoms with Crippen molar-refractivity contribution in [2.45, 2.75) is 19.3 Å². The highest BCUT2D eigenvalue weighted by Gasteiger charge is 2.28. The number of carbonyl (C=O) groups is 3. The first kappa shape index (κ1) is 14.8. The zero-order valence-corrected chi connectivity index (χ0v) is 11.7. The molecule has 1 aliphatic rings. The van der Waals surface area contributed by atoms with Crippen LogP contribution in [-0.4, -0.2) is 36.3 Å². The summed E-state index contributed by atoms with van der Waals surface area (Å²) in [7, 11) is 1.52. The van der Waals surface area contributed by atoms with Crippen molar-refractivity contribution in [3.63, 3.8) is 0 Å². The molecule has 1 heterocycles. The molecule has 1 fully saturated rings. The molecule has 0 bridgehead atoms. The summed E-state index contributed by atoms with van der Waals surface area (Å²) in [6.07, 6.45) is 0.487. The van der Waals surface area contributed by atoms with Gasteiger partial charge in [-0.25, -0.2) is 0 Å². The minimum atomic E-state index is -0.317. The highest BCUT2D eigenvalue weighted by molar-refractivity contribution is 6.02. The number of ether oxygens (including phenoxy) is 1. The Labute approximate surface area is 122 Å². The quantitative estimate of drug-likeness (QED) is 0.616. The van der Waals surface area contributed by atoms with Crippen LogP contribution in [0.1, 0.15) is 19.3 Å². The van der Waals surface area contributed by atoms with Gasteiger partial charge in [0.25, 0.3) is 0 Å². The topological polar surface area (TPSA) is 102 Å². The number of hydrogen-bond acceptors (Lipinski definition) is 5. The highest BCUT2D eigenvalue weighted by atomic mass is 16.5. The Morgan fingerprint density at radius 2 is 2.00 bits per heavy atom. The first-order valence-corrected chi connectivity index (χ1v) is 6.58. The number of amides is 3. The Balaban J connectivity index is 1.93. The largest absolute Gasteiger partial charge is 0.497 e. The molecule has 1 aromatic carbocycles. The van der Waals surface area contributed by atoms with Crippen LogP contribution in [-0.2, 0) is 14.4 Å². The first-order chi connectivity index (χ1) is 10.0. The normalized spacial score (nSPS) is 14.4. The average Bonchev–Trinajstić information content (AvgIpc) is 2.78. The number of hydrogen-bond donors (Lipinski definition) is 2. The maximum atomic E-state index is 11.9. The number of nitrogens with one attached hydrogen (secondary N) is 1. The van der Waals surface area contributed by atoms with Gasteiger partial charge in [-0.1, -0.05) is 0 Å². The SMILES string of the molecule is COc1ccc(N)c(NC(=O)CCN2C(=O)CCC2=O)c1. The lowest BCUT2D eigenvalue weighted by Crippen LogP contribution is -2.32. The molecule has 1 aromatic rings. The van der Waals surface area contributed by atoms with Crippen molar-refractivity contribution in [2.24, 2.45) is 0 Å². The maximum Gasteiger partial charge on any atom is 0.229 e. The van der Waals surface area contributed by atoms with E-state index in [2.05, 4.69) is 5.32 Å². The van der Waals surface area contributed by atoms with Crippen LogP contribution >= 0.6 is 0 Å². The van der Waals surface area contributed by atoms with E-state index in [9.17, 15) is 14.4 Å². The fourth-order valence-electron chi connectivity index (χ4n) is 2.07. The third-order valence-electron chi connectivity index (χ3n) is 3.25. The van der Waals surface area contributed by atoms with Crippen LogP contribution in [0.15, 0.2) is 18.2 Å². The second-order valence-corrected chi connectivity index (χ2v) is 4.69. The number of methoxy groups -OCH3 is 1. The molecule has 0 aromatic heterocycles. The van der Waals surface area contributed by atoms with Crippen LogP contribution < -0.4 is 15.8 Å². The van der Waals surface area contributed by atoms with E-state index in [-0.39, 0.29) is 43.5 Å². The predicted molar refractivity (Wildman–Crippen MR) is 76.6 cm³/mol. The smallest absolute Gasteiger partial charge is 0.229 e. The summed E-state index contributed by atoms with van der Waals surface area (Å²) in [4.78, 5) is 35.9. The summed E-state index contributed by atoms with van der Waals surface area (Å²) < 4.78 is 5.06. The molecule has 3 amide bonds. The molecule has 21 heavy (non-hydrogen) atoms. The monoisotopic (exact) mass is 291 g/mol. The lowest BCUT2D eigenvalue weighted by Gasteiger charge is -2.14. The molecular weight excluding hydrogens is 274 g/mol. The Bertz CT molecular complexity index is 570. The van der Waals surface area contributed by atoms with Gasteiger partial charge in [-0.15, -0.1) is 0 Å². The predicted octanol–water partition coefficient (Wildman–Crippen LogP) is 0.755. The van der Waals surface area contributed by atoms with Crippen molar-refractivity contribution < 1.29 is 19.1 Å². The third-order valence-corrected chi connectivity index (χ3v) is 3.25. The van der Waals surface area contributed by atoms with Crippen LogP contribution in [0, 0.1) is 0 Å². The summed E-state index contributed by atoms with van der Waals surface area (Å²) >= 11 is 0. The minimum absolute atomic E-state index is 0.0358. The van der Waals surface area contributed by atoms with Crippen LogP contribution in [0.5, 0.6) is 5.75 Å². The van der Waals surface area contributed by atoms with Gasteiger partial charge in [-0.3, -0.25) is 19.3 Å². The van der Waals surface area contributed by atoms with Crippen molar-refractivity contribution in [2.75, 3.05) is 24.7 Å². The van der Waals surface area contributed by atoms with Gasteiger partial charge >= 0.3 is 0 Å². The molecule has 0 saturated carbocycles. The molecule has 0 radical (unpaired) electrons. The Hall–Kier alpha value is -2.57. The van der Waals surface area contributed by atoms with Crippen LogP contribution in [0.3, 0.4) is 0 Å². The Morgan fingerprint density at radius 3 is 2.62 bits per heavy atom. The van der Waals surface area contributed by atoms with Gasteiger partial charge < -0.3 is 15.8 Å². The Kier molecular flexibility index (Phi) is 4.42. The van der Waals surface area contributed by atoms with Crippen molar-refractivity contribution in [1.82, 2.24) is 4.90 Å². The van der Waals surface area contributed by atoms with E-state index in [1.807, 2.05) is 0 Å². The summed E-state index contributed by atoms with van der Waals surface area (Å²) in [5, 5.41) is 2.65. The van der Waals surface area contributed by atoms with E-state index >= 15 is 0 Å². The maximum absolute atomic E-state index is 11.9. The van der Waals surface area contributed by atoms with Gasteiger partial charge in [0.05, 0.1) is 18.5 Å². The fraction of sp³-hybridized carbons (Fsp3) is 0.357. The minimum Gasteiger partial charge on any atom is -0.497 e. The molecule has 0 unspecified atom stereocenters. The van der Waals surface area contributed by atoms with E-state index < -0.39 is 0 Å². The molecule has 0 aliphatic carbocycles. The van der Waals surface area contributed by atoms with Crippen molar-refractivity contribution >= 4 is 29.1 Å². The summed E-state index contributed by atoms with van der Waals surface area (Å²) in [6.45, 7) is 0.0906. The zero-order valence-electron chi connectivity index (χ0n) is 11.7. The van der Waals surface area contributed by atoms with Crippen molar-refractivity contribution in [3.05, 3.63) is 18.2 Å². The Morgan fingerprint density at radius 1 is 1.33 bits per heavy atom. The van der Waals surface area contributed by atoms with Gasteiger partial charge in [-0.05, 0) is 12.1 Å². The average molecular weight is 291 g/mol.